The number of piperidine rings is 1. The Bertz CT molecular complexity index is 768. The van der Waals surface area contributed by atoms with E-state index >= 15 is 0 Å². The molecule has 1 fully saturated rings. The third-order valence-corrected chi connectivity index (χ3v) is 6.32. The highest BCUT2D eigenvalue weighted by Gasteiger charge is 2.22. The molecule has 5 nitrogen and oxygen atoms in total. The zero-order valence-corrected chi connectivity index (χ0v) is 15.7. The van der Waals surface area contributed by atoms with Gasteiger partial charge < -0.3 is 20.2 Å². The first-order chi connectivity index (χ1) is 12.7. The van der Waals surface area contributed by atoms with Gasteiger partial charge in [0.15, 0.2) is 0 Å². The van der Waals surface area contributed by atoms with Crippen LogP contribution in [0.2, 0.25) is 0 Å². The molecule has 26 heavy (non-hydrogen) atoms. The van der Waals surface area contributed by atoms with E-state index in [4.69, 9.17) is 0 Å². The normalized spacial score (nSPS) is 17.9. The molecular formula is C20H25N3O2S. The Morgan fingerprint density at radius 1 is 1.19 bits per heavy atom. The van der Waals surface area contributed by atoms with Gasteiger partial charge in [-0.15, -0.1) is 11.3 Å². The van der Waals surface area contributed by atoms with Crippen molar-refractivity contribution in [2.24, 2.45) is 0 Å². The second kappa shape index (κ2) is 7.68. The lowest BCUT2D eigenvalue weighted by Crippen LogP contribution is -2.39. The van der Waals surface area contributed by atoms with Crippen molar-refractivity contribution in [3.63, 3.8) is 0 Å². The van der Waals surface area contributed by atoms with Crippen molar-refractivity contribution in [3.8, 4) is 0 Å². The van der Waals surface area contributed by atoms with Gasteiger partial charge in [0.05, 0.1) is 24.0 Å². The number of thiophene rings is 1. The van der Waals surface area contributed by atoms with E-state index in [9.17, 15) is 9.90 Å². The smallest absolute Gasteiger partial charge is 0.242 e. The van der Waals surface area contributed by atoms with E-state index in [0.717, 1.165) is 56.8 Å². The summed E-state index contributed by atoms with van der Waals surface area (Å²) in [5.74, 6) is 0.144. The number of nitrogens with zero attached hydrogens (tertiary/aromatic N) is 2. The lowest BCUT2D eigenvalue weighted by Gasteiger charge is -2.33. The van der Waals surface area contributed by atoms with Crippen LogP contribution in [0.4, 0.5) is 11.4 Å². The molecule has 138 valence electrons. The van der Waals surface area contributed by atoms with Gasteiger partial charge in [-0.3, -0.25) is 4.79 Å². The Balaban J connectivity index is 1.38. The molecule has 0 spiro atoms. The molecule has 3 heterocycles. The van der Waals surface area contributed by atoms with E-state index in [2.05, 4.69) is 27.7 Å². The molecule has 6 heteroatoms. The number of amides is 1. The molecule has 2 aliphatic rings. The highest BCUT2D eigenvalue weighted by Crippen LogP contribution is 2.28. The largest absolute Gasteiger partial charge is 0.393 e. The molecule has 4 rings (SSSR count). The Labute approximate surface area is 158 Å². The Morgan fingerprint density at radius 2 is 2.00 bits per heavy atom. The molecule has 2 N–H and O–H groups in total. The van der Waals surface area contributed by atoms with E-state index in [1.54, 1.807) is 11.3 Å². The lowest BCUT2D eigenvalue weighted by atomic mass is 10.1. The Morgan fingerprint density at radius 3 is 2.85 bits per heavy atom. The van der Waals surface area contributed by atoms with Crippen LogP contribution in [0.1, 0.15) is 23.3 Å². The van der Waals surface area contributed by atoms with E-state index in [0.29, 0.717) is 6.54 Å². The van der Waals surface area contributed by atoms with Crippen LogP contribution in [-0.2, 0) is 17.8 Å². The van der Waals surface area contributed by atoms with Crippen molar-refractivity contribution >= 4 is 28.6 Å². The topological polar surface area (TPSA) is 55.8 Å². The van der Waals surface area contributed by atoms with Gasteiger partial charge in [0, 0.05) is 31.1 Å². The second-order valence-corrected chi connectivity index (χ2v) is 8.02. The van der Waals surface area contributed by atoms with Gasteiger partial charge in [-0.1, -0.05) is 12.1 Å². The molecule has 0 atom stereocenters. The minimum atomic E-state index is -0.186. The van der Waals surface area contributed by atoms with Gasteiger partial charge in [-0.25, -0.2) is 0 Å². The summed E-state index contributed by atoms with van der Waals surface area (Å²) in [4.78, 5) is 18.3. The standard InChI is InChI=1S/C20H25N3O2S/c24-16-5-9-22(10-6-16)18-4-2-1-3-17(18)21-13-20(25)23-11-7-19-15(14-23)8-12-26-19/h1-4,8,12,16,21,24H,5-7,9-11,13-14H2. The maximum atomic E-state index is 12.7. The predicted octanol–water partition coefficient (Wildman–Crippen LogP) is 2.71. The van der Waals surface area contributed by atoms with Crippen molar-refractivity contribution in [1.82, 2.24) is 4.90 Å². The zero-order valence-electron chi connectivity index (χ0n) is 14.9. The van der Waals surface area contributed by atoms with Crippen LogP contribution in [0.3, 0.4) is 0 Å². The summed E-state index contributed by atoms with van der Waals surface area (Å²) in [5.41, 5.74) is 3.40. The fourth-order valence-electron chi connectivity index (χ4n) is 3.75. The fraction of sp³-hybridized carbons (Fsp3) is 0.450. The summed E-state index contributed by atoms with van der Waals surface area (Å²) >= 11 is 1.79. The fourth-order valence-corrected chi connectivity index (χ4v) is 4.64. The number of carbonyl (C=O) groups excluding carboxylic acids is 1. The number of hydrogen-bond donors (Lipinski definition) is 2. The summed E-state index contributed by atoms with van der Waals surface area (Å²) in [6.07, 6.45) is 2.37. The van der Waals surface area contributed by atoms with Crippen LogP contribution in [0.25, 0.3) is 0 Å². The molecule has 0 bridgehead atoms. The number of rotatable bonds is 4. The molecular weight excluding hydrogens is 346 g/mol. The summed E-state index contributed by atoms with van der Waals surface area (Å²) in [7, 11) is 0. The molecule has 2 aliphatic heterocycles. The Hall–Kier alpha value is -2.05. The van der Waals surface area contributed by atoms with Crippen molar-refractivity contribution in [2.75, 3.05) is 36.4 Å². The van der Waals surface area contributed by atoms with Gasteiger partial charge in [-0.05, 0) is 48.4 Å². The van der Waals surface area contributed by atoms with Crippen LogP contribution in [-0.4, -0.2) is 48.2 Å². The summed E-state index contributed by atoms with van der Waals surface area (Å²) in [6.45, 7) is 3.54. The number of nitrogens with one attached hydrogen (secondary N) is 1. The lowest BCUT2D eigenvalue weighted by molar-refractivity contribution is -0.130. The van der Waals surface area contributed by atoms with Gasteiger partial charge in [0.2, 0.25) is 5.91 Å². The van der Waals surface area contributed by atoms with E-state index in [1.807, 2.05) is 23.1 Å². The van der Waals surface area contributed by atoms with E-state index < -0.39 is 0 Å². The first-order valence-electron chi connectivity index (χ1n) is 9.29. The summed E-state index contributed by atoms with van der Waals surface area (Å²) < 4.78 is 0. The molecule has 0 saturated carbocycles. The number of benzene rings is 1. The monoisotopic (exact) mass is 371 g/mol. The average molecular weight is 372 g/mol. The number of anilines is 2. The number of carbonyl (C=O) groups is 1. The SMILES string of the molecule is O=C(CNc1ccccc1N1CCC(O)CC1)N1CCc2sccc2C1. The molecule has 1 amide bonds. The van der Waals surface area contributed by atoms with Crippen LogP contribution in [0, 0.1) is 0 Å². The van der Waals surface area contributed by atoms with Crippen LogP contribution >= 0.6 is 11.3 Å². The van der Waals surface area contributed by atoms with Gasteiger partial charge >= 0.3 is 0 Å². The van der Waals surface area contributed by atoms with Crippen molar-refractivity contribution < 1.29 is 9.90 Å². The number of aliphatic hydroxyl groups is 1. The molecule has 1 saturated heterocycles. The minimum absolute atomic E-state index is 0.144. The maximum Gasteiger partial charge on any atom is 0.242 e. The third kappa shape index (κ3) is 3.71. The van der Waals surface area contributed by atoms with Crippen LogP contribution < -0.4 is 10.2 Å². The van der Waals surface area contributed by atoms with Gasteiger partial charge in [-0.2, -0.15) is 0 Å². The van der Waals surface area contributed by atoms with Crippen molar-refractivity contribution in [2.45, 2.75) is 31.9 Å². The molecule has 1 aromatic carbocycles. The number of para-hydroxylation sites is 2. The number of hydrogen-bond acceptors (Lipinski definition) is 5. The molecule has 0 radical (unpaired) electrons. The minimum Gasteiger partial charge on any atom is -0.393 e. The van der Waals surface area contributed by atoms with Crippen molar-refractivity contribution in [1.29, 1.82) is 0 Å². The van der Waals surface area contributed by atoms with Crippen LogP contribution in [0.15, 0.2) is 35.7 Å². The number of fused-ring (bicyclic) bond motifs is 1. The average Bonchev–Trinajstić information content (AvgIpc) is 3.15. The Kier molecular flexibility index (Phi) is 5.13. The third-order valence-electron chi connectivity index (χ3n) is 5.30. The maximum absolute atomic E-state index is 12.7. The highest BCUT2D eigenvalue weighted by atomic mass is 32.1. The van der Waals surface area contributed by atoms with Gasteiger partial charge in [0.25, 0.3) is 0 Å². The van der Waals surface area contributed by atoms with Crippen LogP contribution in [0.5, 0.6) is 0 Å². The summed E-state index contributed by atoms with van der Waals surface area (Å²) in [6, 6.07) is 10.3. The quantitative estimate of drug-likeness (QED) is 0.868. The highest BCUT2D eigenvalue weighted by molar-refractivity contribution is 7.10. The van der Waals surface area contributed by atoms with E-state index in [-0.39, 0.29) is 12.0 Å². The van der Waals surface area contributed by atoms with E-state index in [1.165, 1.54) is 10.4 Å². The number of aliphatic hydroxyl groups excluding tert-OH is 1. The van der Waals surface area contributed by atoms with Crippen molar-refractivity contribution in [3.05, 3.63) is 46.2 Å². The molecule has 1 aromatic heterocycles. The molecule has 2 aromatic rings. The predicted molar refractivity (Wildman–Crippen MR) is 106 cm³/mol. The zero-order chi connectivity index (χ0) is 17.9. The first-order valence-corrected chi connectivity index (χ1v) is 10.2. The second-order valence-electron chi connectivity index (χ2n) is 7.02. The summed E-state index contributed by atoms with van der Waals surface area (Å²) in [5, 5.41) is 15.2. The first kappa shape index (κ1) is 17.4. The molecule has 0 unspecified atom stereocenters. The molecule has 0 aliphatic carbocycles. The van der Waals surface area contributed by atoms with Gasteiger partial charge in [0.1, 0.15) is 0 Å².